The van der Waals surface area contributed by atoms with Crippen molar-refractivity contribution in [2.45, 2.75) is 18.4 Å². The molecule has 0 N–H and O–H groups in total. The molecule has 0 atom stereocenters. The minimum atomic E-state index is -3.47. The minimum Gasteiger partial charge on any atom is -0.457 e. The molecule has 1 aromatic heterocycles. The standard InChI is InChI=1S/C21H21NO5S/c1-15-18-6-4-5-7-19(18)27-20(15)14-26-21(23)13-10-16-8-11-17(12-9-16)28(24,25)22(2)3/h4-13H,14H2,1-3H3/b13-10+. The molecule has 0 aliphatic rings. The number of ether oxygens (including phenoxy) is 1. The summed E-state index contributed by atoms with van der Waals surface area (Å²) < 4.78 is 36.2. The van der Waals surface area contributed by atoms with Crippen molar-refractivity contribution in [3.63, 3.8) is 0 Å². The molecule has 2 aromatic carbocycles. The molecule has 0 spiro atoms. The van der Waals surface area contributed by atoms with E-state index in [1.807, 2.05) is 31.2 Å². The number of sulfonamides is 1. The Kier molecular flexibility index (Phi) is 5.67. The highest BCUT2D eigenvalue weighted by Crippen LogP contribution is 2.25. The molecule has 3 rings (SSSR count). The monoisotopic (exact) mass is 399 g/mol. The number of carbonyl (C=O) groups is 1. The van der Waals surface area contributed by atoms with Gasteiger partial charge in [-0.3, -0.25) is 0 Å². The van der Waals surface area contributed by atoms with Crippen molar-refractivity contribution in [3.8, 4) is 0 Å². The number of fused-ring (bicyclic) bond motifs is 1. The van der Waals surface area contributed by atoms with Gasteiger partial charge in [0.05, 0.1) is 4.90 Å². The highest BCUT2D eigenvalue weighted by molar-refractivity contribution is 7.89. The van der Waals surface area contributed by atoms with Gasteiger partial charge in [0, 0.05) is 31.1 Å². The number of benzene rings is 2. The molecule has 0 aliphatic heterocycles. The van der Waals surface area contributed by atoms with Gasteiger partial charge in [0.2, 0.25) is 10.0 Å². The third-order valence-electron chi connectivity index (χ3n) is 4.36. The van der Waals surface area contributed by atoms with Crippen molar-refractivity contribution in [2.24, 2.45) is 0 Å². The van der Waals surface area contributed by atoms with E-state index in [1.165, 1.54) is 32.3 Å². The van der Waals surface area contributed by atoms with Crippen molar-refractivity contribution in [2.75, 3.05) is 14.1 Å². The third kappa shape index (κ3) is 4.16. The van der Waals surface area contributed by atoms with Gasteiger partial charge in [-0.2, -0.15) is 0 Å². The molecule has 7 heteroatoms. The normalized spacial score (nSPS) is 12.1. The highest BCUT2D eigenvalue weighted by Gasteiger charge is 2.16. The average Bonchev–Trinajstić information content (AvgIpc) is 3.01. The Balaban J connectivity index is 1.63. The molecular formula is C21H21NO5S. The van der Waals surface area contributed by atoms with Crippen LogP contribution in [0.1, 0.15) is 16.9 Å². The second kappa shape index (κ2) is 8.00. The topological polar surface area (TPSA) is 76.8 Å². The van der Waals surface area contributed by atoms with Gasteiger partial charge in [0.25, 0.3) is 0 Å². The number of carbonyl (C=O) groups excluding carboxylic acids is 1. The van der Waals surface area contributed by atoms with Crippen molar-refractivity contribution in [1.29, 1.82) is 0 Å². The van der Waals surface area contributed by atoms with Gasteiger partial charge in [-0.05, 0) is 36.8 Å². The molecule has 28 heavy (non-hydrogen) atoms. The average molecular weight is 399 g/mol. The summed E-state index contributed by atoms with van der Waals surface area (Å²) in [5.74, 6) is 0.103. The summed E-state index contributed by atoms with van der Waals surface area (Å²) in [5, 5.41) is 0.997. The zero-order valence-electron chi connectivity index (χ0n) is 15.9. The van der Waals surface area contributed by atoms with Crippen molar-refractivity contribution < 1.29 is 22.4 Å². The third-order valence-corrected chi connectivity index (χ3v) is 6.19. The lowest BCUT2D eigenvalue weighted by atomic mass is 10.1. The first-order valence-electron chi connectivity index (χ1n) is 8.63. The molecule has 3 aromatic rings. The van der Waals surface area contributed by atoms with Crippen LogP contribution in [0.15, 0.2) is 63.9 Å². The molecule has 1 heterocycles. The first kappa shape index (κ1) is 19.9. The molecule has 0 bridgehead atoms. The Bertz CT molecular complexity index is 1130. The summed E-state index contributed by atoms with van der Waals surface area (Å²) in [6.07, 6.45) is 2.87. The fraction of sp³-hybridized carbons (Fsp3) is 0.190. The van der Waals surface area contributed by atoms with Gasteiger partial charge < -0.3 is 9.15 Å². The molecular weight excluding hydrogens is 378 g/mol. The molecule has 0 aliphatic carbocycles. The zero-order valence-corrected chi connectivity index (χ0v) is 16.7. The fourth-order valence-electron chi connectivity index (χ4n) is 2.67. The molecule has 0 amide bonds. The Morgan fingerprint density at radius 3 is 2.43 bits per heavy atom. The molecule has 0 saturated carbocycles. The van der Waals surface area contributed by atoms with Crippen LogP contribution in [-0.2, 0) is 26.2 Å². The van der Waals surface area contributed by atoms with Gasteiger partial charge >= 0.3 is 5.97 Å². The summed E-state index contributed by atoms with van der Waals surface area (Å²) in [6.45, 7) is 1.97. The fourth-order valence-corrected chi connectivity index (χ4v) is 3.58. The Hall–Kier alpha value is -2.90. The maximum Gasteiger partial charge on any atom is 0.331 e. The van der Waals surface area contributed by atoms with Crippen LogP contribution >= 0.6 is 0 Å². The maximum atomic E-state index is 12.0. The van der Waals surface area contributed by atoms with Crippen LogP contribution in [0.2, 0.25) is 0 Å². The molecule has 0 fully saturated rings. The molecule has 0 radical (unpaired) electrons. The Labute approximate surface area is 164 Å². The Morgan fingerprint density at radius 2 is 1.79 bits per heavy atom. The predicted octanol–water partition coefficient (Wildman–Crippen LogP) is 3.75. The lowest BCUT2D eigenvalue weighted by molar-refractivity contribution is -0.139. The van der Waals surface area contributed by atoms with E-state index in [2.05, 4.69) is 0 Å². The van der Waals surface area contributed by atoms with Crippen LogP contribution in [0.5, 0.6) is 0 Å². The first-order chi connectivity index (χ1) is 13.3. The number of esters is 1. The Morgan fingerprint density at radius 1 is 1.11 bits per heavy atom. The SMILES string of the molecule is Cc1c(COC(=O)/C=C/c2ccc(S(=O)(=O)N(C)C)cc2)oc2ccccc12. The predicted molar refractivity (Wildman–Crippen MR) is 107 cm³/mol. The smallest absolute Gasteiger partial charge is 0.331 e. The number of aryl methyl sites for hydroxylation is 1. The highest BCUT2D eigenvalue weighted by atomic mass is 32.2. The first-order valence-corrected chi connectivity index (χ1v) is 10.1. The van der Waals surface area contributed by atoms with Crippen LogP contribution < -0.4 is 0 Å². The molecule has 0 unspecified atom stereocenters. The van der Waals surface area contributed by atoms with Crippen molar-refractivity contribution >= 4 is 33.0 Å². The quantitative estimate of drug-likeness (QED) is 0.466. The van der Waals surface area contributed by atoms with E-state index < -0.39 is 16.0 Å². The van der Waals surface area contributed by atoms with E-state index in [0.29, 0.717) is 11.3 Å². The second-order valence-electron chi connectivity index (χ2n) is 6.44. The van der Waals surface area contributed by atoms with E-state index in [1.54, 1.807) is 18.2 Å². The van der Waals surface area contributed by atoms with Gasteiger partial charge in [0.15, 0.2) is 0 Å². The van der Waals surface area contributed by atoms with E-state index >= 15 is 0 Å². The lowest BCUT2D eigenvalue weighted by Crippen LogP contribution is -2.22. The van der Waals surface area contributed by atoms with Gasteiger partial charge in [-0.15, -0.1) is 0 Å². The van der Waals surface area contributed by atoms with Crippen LogP contribution in [0.4, 0.5) is 0 Å². The lowest BCUT2D eigenvalue weighted by Gasteiger charge is -2.11. The van der Waals surface area contributed by atoms with E-state index in [-0.39, 0.29) is 11.5 Å². The minimum absolute atomic E-state index is 0.0453. The van der Waals surface area contributed by atoms with Crippen molar-refractivity contribution in [3.05, 3.63) is 71.5 Å². The zero-order chi connectivity index (χ0) is 20.3. The van der Waals surface area contributed by atoms with Crippen molar-refractivity contribution in [1.82, 2.24) is 4.31 Å². The number of hydrogen-bond donors (Lipinski definition) is 0. The van der Waals surface area contributed by atoms with Crippen LogP contribution in [-0.4, -0.2) is 32.8 Å². The largest absolute Gasteiger partial charge is 0.457 e. The van der Waals surface area contributed by atoms with Gasteiger partial charge in [-0.1, -0.05) is 30.3 Å². The number of rotatable bonds is 6. The summed E-state index contributed by atoms with van der Waals surface area (Å²) >= 11 is 0. The van der Waals surface area contributed by atoms with Gasteiger partial charge in [-0.25, -0.2) is 17.5 Å². The summed E-state index contributed by atoms with van der Waals surface area (Å²) in [5.41, 5.74) is 2.40. The van der Waals surface area contributed by atoms with Gasteiger partial charge in [0.1, 0.15) is 18.0 Å². The van der Waals surface area contributed by atoms with E-state index in [9.17, 15) is 13.2 Å². The van der Waals surface area contributed by atoms with E-state index in [4.69, 9.17) is 9.15 Å². The maximum absolute atomic E-state index is 12.0. The summed E-state index contributed by atoms with van der Waals surface area (Å²) in [7, 11) is -0.522. The number of nitrogens with zero attached hydrogens (tertiary/aromatic N) is 1. The summed E-state index contributed by atoms with van der Waals surface area (Å²) in [6, 6.07) is 13.9. The molecule has 6 nitrogen and oxygen atoms in total. The van der Waals surface area contributed by atoms with Crippen LogP contribution in [0.25, 0.3) is 17.0 Å². The molecule has 0 saturated heterocycles. The number of para-hydroxylation sites is 1. The van der Waals surface area contributed by atoms with E-state index in [0.717, 1.165) is 20.8 Å². The summed E-state index contributed by atoms with van der Waals surface area (Å²) in [4.78, 5) is 12.2. The number of furan rings is 1. The van der Waals surface area contributed by atoms with Crippen LogP contribution in [0, 0.1) is 6.92 Å². The number of hydrogen-bond acceptors (Lipinski definition) is 5. The second-order valence-corrected chi connectivity index (χ2v) is 8.60. The van der Waals surface area contributed by atoms with Crippen LogP contribution in [0.3, 0.4) is 0 Å². The molecule has 146 valence electrons.